The highest BCUT2D eigenvalue weighted by molar-refractivity contribution is 7.88. The Morgan fingerprint density at radius 3 is 2.52 bits per heavy atom. The van der Waals surface area contributed by atoms with Crippen LogP contribution in [0.4, 0.5) is 4.39 Å². The van der Waals surface area contributed by atoms with E-state index < -0.39 is 21.4 Å². The molecule has 2 saturated heterocycles. The van der Waals surface area contributed by atoms with Gasteiger partial charge in [-0.15, -0.1) is 0 Å². The van der Waals surface area contributed by atoms with Crippen LogP contribution in [0.15, 0.2) is 54.6 Å². The van der Waals surface area contributed by atoms with Gasteiger partial charge in [0.05, 0.1) is 11.3 Å². The zero-order chi connectivity index (χ0) is 20.6. The Bertz CT molecular complexity index is 1010. The number of fused-ring (bicyclic) bond motifs is 1. The fraction of sp³-hybridized carbons (Fsp3) is 0.409. The molecule has 1 amide bonds. The van der Waals surface area contributed by atoms with E-state index in [1.165, 1.54) is 16.4 Å². The van der Waals surface area contributed by atoms with E-state index in [0.29, 0.717) is 32.4 Å². The number of likely N-dealkylation sites (tertiary alicyclic amines) is 1. The van der Waals surface area contributed by atoms with Gasteiger partial charge in [-0.1, -0.05) is 48.5 Å². The van der Waals surface area contributed by atoms with Gasteiger partial charge in [0.2, 0.25) is 15.9 Å². The number of carbonyl (C=O) groups excluding carboxylic acids is 1. The van der Waals surface area contributed by atoms with Crippen LogP contribution >= 0.6 is 0 Å². The largest absolute Gasteiger partial charge is 0.331 e. The van der Waals surface area contributed by atoms with Crippen molar-refractivity contribution < 1.29 is 17.6 Å². The Morgan fingerprint density at radius 2 is 1.79 bits per heavy atom. The molecular formula is C22H25FN2O3S. The molecule has 0 aromatic heterocycles. The molecule has 154 valence electrons. The summed E-state index contributed by atoms with van der Waals surface area (Å²) >= 11 is 0. The predicted molar refractivity (Wildman–Crippen MR) is 109 cm³/mol. The van der Waals surface area contributed by atoms with Crippen molar-refractivity contribution >= 4 is 15.9 Å². The van der Waals surface area contributed by atoms with Crippen molar-refractivity contribution in [3.8, 4) is 0 Å². The lowest BCUT2D eigenvalue weighted by Crippen LogP contribution is -2.60. The summed E-state index contributed by atoms with van der Waals surface area (Å²) in [6.45, 7) is 2.79. The van der Waals surface area contributed by atoms with E-state index in [2.05, 4.69) is 0 Å². The normalized spacial score (nSPS) is 25.2. The summed E-state index contributed by atoms with van der Waals surface area (Å²) in [5.74, 6) is -0.817. The summed E-state index contributed by atoms with van der Waals surface area (Å²) in [6.07, 6.45) is 1.39. The highest BCUT2D eigenvalue weighted by atomic mass is 32.2. The van der Waals surface area contributed by atoms with Crippen LogP contribution in [0.25, 0.3) is 0 Å². The smallest absolute Gasteiger partial charge is 0.223 e. The Hall–Kier alpha value is -2.25. The van der Waals surface area contributed by atoms with Crippen molar-refractivity contribution in [1.29, 1.82) is 0 Å². The van der Waals surface area contributed by atoms with Crippen LogP contribution in [0.3, 0.4) is 0 Å². The zero-order valence-corrected chi connectivity index (χ0v) is 17.2. The van der Waals surface area contributed by atoms with E-state index in [0.717, 1.165) is 5.56 Å². The second-order valence-electron chi connectivity index (χ2n) is 8.09. The van der Waals surface area contributed by atoms with Crippen molar-refractivity contribution in [2.75, 3.05) is 6.54 Å². The molecule has 0 aliphatic carbocycles. The van der Waals surface area contributed by atoms with Gasteiger partial charge in [-0.25, -0.2) is 12.8 Å². The fourth-order valence-corrected chi connectivity index (χ4v) is 6.56. The van der Waals surface area contributed by atoms with E-state index in [4.69, 9.17) is 0 Å². The number of nitrogens with zero attached hydrogens (tertiary/aromatic N) is 2. The average molecular weight is 417 g/mol. The van der Waals surface area contributed by atoms with Crippen LogP contribution in [-0.4, -0.2) is 41.7 Å². The van der Waals surface area contributed by atoms with E-state index in [1.807, 2.05) is 42.2 Å². The molecule has 5 nitrogen and oxygen atoms in total. The Morgan fingerprint density at radius 1 is 1.10 bits per heavy atom. The van der Waals surface area contributed by atoms with E-state index in [9.17, 15) is 17.6 Å². The van der Waals surface area contributed by atoms with Crippen LogP contribution in [0, 0.1) is 5.82 Å². The Kier molecular flexibility index (Phi) is 5.21. The number of piperidine rings is 1. The number of rotatable bonds is 5. The first-order valence-corrected chi connectivity index (χ1v) is 11.5. The van der Waals surface area contributed by atoms with Crippen molar-refractivity contribution in [2.45, 2.75) is 50.1 Å². The molecule has 0 bridgehead atoms. The third-order valence-corrected chi connectivity index (χ3v) is 8.12. The number of amides is 1. The van der Waals surface area contributed by atoms with Crippen molar-refractivity contribution in [1.82, 2.24) is 9.21 Å². The SMILES string of the molecule is C[C@]12CCN(S(=O)(=O)Cc3ccccc3F)[C@H]1CCC(=O)N2Cc1ccccc1. The molecule has 0 radical (unpaired) electrons. The van der Waals surface area contributed by atoms with Crippen LogP contribution < -0.4 is 0 Å². The lowest BCUT2D eigenvalue weighted by molar-refractivity contribution is -0.143. The molecule has 2 fully saturated rings. The van der Waals surface area contributed by atoms with Gasteiger partial charge in [0, 0.05) is 31.1 Å². The van der Waals surface area contributed by atoms with Crippen LogP contribution in [0.5, 0.6) is 0 Å². The summed E-state index contributed by atoms with van der Waals surface area (Å²) in [7, 11) is -3.70. The van der Waals surface area contributed by atoms with Crippen molar-refractivity contribution in [3.05, 3.63) is 71.5 Å². The van der Waals surface area contributed by atoms with Gasteiger partial charge in [-0.2, -0.15) is 4.31 Å². The fourth-order valence-electron chi connectivity index (χ4n) is 4.68. The third kappa shape index (κ3) is 3.69. The minimum Gasteiger partial charge on any atom is -0.331 e. The quantitative estimate of drug-likeness (QED) is 0.751. The minimum absolute atomic E-state index is 0.0564. The summed E-state index contributed by atoms with van der Waals surface area (Å²) in [4.78, 5) is 14.6. The van der Waals surface area contributed by atoms with Gasteiger partial charge in [0.15, 0.2) is 0 Å². The van der Waals surface area contributed by atoms with E-state index in [-0.39, 0.29) is 23.3 Å². The average Bonchev–Trinajstić information content (AvgIpc) is 3.05. The van der Waals surface area contributed by atoms with Gasteiger partial charge >= 0.3 is 0 Å². The maximum absolute atomic E-state index is 14.0. The lowest BCUT2D eigenvalue weighted by Gasteiger charge is -2.47. The van der Waals surface area contributed by atoms with Crippen LogP contribution in [-0.2, 0) is 27.1 Å². The highest BCUT2D eigenvalue weighted by Gasteiger charge is 2.55. The molecule has 2 heterocycles. The molecule has 2 aliphatic heterocycles. The van der Waals surface area contributed by atoms with Gasteiger partial charge in [0.1, 0.15) is 5.82 Å². The molecule has 2 aromatic rings. The second kappa shape index (κ2) is 7.54. The summed E-state index contributed by atoms with van der Waals surface area (Å²) < 4.78 is 41.8. The number of hydrogen-bond donors (Lipinski definition) is 0. The number of sulfonamides is 1. The number of hydrogen-bond acceptors (Lipinski definition) is 3. The molecule has 29 heavy (non-hydrogen) atoms. The summed E-state index contributed by atoms with van der Waals surface area (Å²) in [6, 6.07) is 15.4. The number of benzene rings is 2. The molecule has 7 heteroatoms. The molecule has 0 saturated carbocycles. The minimum atomic E-state index is -3.70. The summed E-state index contributed by atoms with van der Waals surface area (Å²) in [5, 5.41) is 0. The topological polar surface area (TPSA) is 57.7 Å². The van der Waals surface area contributed by atoms with Crippen molar-refractivity contribution in [3.63, 3.8) is 0 Å². The van der Waals surface area contributed by atoms with Gasteiger partial charge in [-0.3, -0.25) is 4.79 Å². The molecule has 0 N–H and O–H groups in total. The van der Waals surface area contributed by atoms with E-state index in [1.54, 1.807) is 12.1 Å². The molecule has 0 unspecified atom stereocenters. The highest BCUT2D eigenvalue weighted by Crippen LogP contribution is 2.43. The molecular weight excluding hydrogens is 391 g/mol. The van der Waals surface area contributed by atoms with Crippen LogP contribution in [0.2, 0.25) is 0 Å². The van der Waals surface area contributed by atoms with Gasteiger partial charge in [0.25, 0.3) is 0 Å². The maximum Gasteiger partial charge on any atom is 0.223 e. The van der Waals surface area contributed by atoms with Crippen LogP contribution in [0.1, 0.15) is 37.3 Å². The van der Waals surface area contributed by atoms with Gasteiger partial charge < -0.3 is 4.90 Å². The van der Waals surface area contributed by atoms with E-state index >= 15 is 0 Å². The third-order valence-electron chi connectivity index (χ3n) is 6.29. The predicted octanol–water partition coefficient (Wildman–Crippen LogP) is 3.31. The molecule has 4 rings (SSSR count). The Balaban J connectivity index is 1.60. The number of halogens is 1. The molecule has 2 aromatic carbocycles. The monoisotopic (exact) mass is 416 g/mol. The zero-order valence-electron chi connectivity index (χ0n) is 16.4. The van der Waals surface area contributed by atoms with Crippen molar-refractivity contribution in [2.24, 2.45) is 0 Å². The first-order valence-electron chi connectivity index (χ1n) is 9.88. The lowest BCUT2D eigenvalue weighted by atomic mass is 9.83. The molecule has 0 spiro atoms. The standard InChI is InChI=1S/C22H25FN2O3S/c1-22-13-14-25(29(27,28)16-18-9-5-6-10-19(18)23)20(22)11-12-21(26)24(22)15-17-7-3-2-4-8-17/h2-10,20H,11-16H2,1H3/t20-,22-/m0/s1. The number of carbonyl (C=O) groups is 1. The molecule has 2 atom stereocenters. The summed E-state index contributed by atoms with van der Waals surface area (Å²) in [5.41, 5.74) is 0.637. The Labute approximate surface area is 171 Å². The first kappa shape index (κ1) is 20.0. The molecule has 2 aliphatic rings. The second-order valence-corrected chi connectivity index (χ2v) is 10.0. The maximum atomic E-state index is 14.0. The van der Waals surface area contributed by atoms with Gasteiger partial charge in [-0.05, 0) is 31.4 Å². The first-order chi connectivity index (χ1) is 13.8.